The van der Waals surface area contributed by atoms with E-state index in [1.807, 2.05) is 4.90 Å². The summed E-state index contributed by atoms with van der Waals surface area (Å²) in [5.74, 6) is 0.775. The van der Waals surface area contributed by atoms with E-state index in [1.54, 1.807) is 0 Å². The van der Waals surface area contributed by atoms with Gasteiger partial charge in [-0.15, -0.1) is 0 Å². The minimum absolute atomic E-state index is 0.0951. The Morgan fingerprint density at radius 2 is 2.25 bits per heavy atom. The zero-order valence-corrected chi connectivity index (χ0v) is 9.82. The molecule has 0 aromatic carbocycles. The highest BCUT2D eigenvalue weighted by Crippen LogP contribution is 2.18. The normalized spacial score (nSPS) is 26.4. The van der Waals surface area contributed by atoms with Crippen molar-refractivity contribution in [1.82, 2.24) is 15.1 Å². The number of likely N-dealkylation sites (tertiary alicyclic amines) is 1. The van der Waals surface area contributed by atoms with Gasteiger partial charge < -0.3 is 20.9 Å². The number of carbonyl (C=O) groups excluding carboxylic acids is 1. The Kier molecular flexibility index (Phi) is 4.01. The molecule has 5 heteroatoms. The number of hydrogen-bond donors (Lipinski definition) is 2. The molecule has 5 nitrogen and oxygen atoms in total. The number of hydrogen-bond acceptors (Lipinski definition) is 3. The molecule has 1 unspecified atom stereocenters. The van der Waals surface area contributed by atoms with Gasteiger partial charge in [-0.3, -0.25) is 0 Å². The van der Waals surface area contributed by atoms with Gasteiger partial charge in [-0.25, -0.2) is 4.79 Å². The first-order valence-corrected chi connectivity index (χ1v) is 6.25. The summed E-state index contributed by atoms with van der Waals surface area (Å²) in [5, 5.41) is 2.83. The van der Waals surface area contributed by atoms with E-state index in [4.69, 9.17) is 5.73 Å². The van der Waals surface area contributed by atoms with Gasteiger partial charge in [0.25, 0.3) is 0 Å². The Balaban J connectivity index is 1.65. The highest BCUT2D eigenvalue weighted by molar-refractivity contribution is 5.76. The van der Waals surface area contributed by atoms with Crippen molar-refractivity contribution in [3.05, 3.63) is 0 Å². The molecule has 0 radical (unpaired) electrons. The van der Waals surface area contributed by atoms with E-state index in [0.717, 1.165) is 51.6 Å². The molecule has 2 amide bonds. The number of nitrogens with two attached hydrogens (primary N) is 1. The molecule has 0 aromatic rings. The molecule has 16 heavy (non-hydrogen) atoms. The topological polar surface area (TPSA) is 61.6 Å². The van der Waals surface area contributed by atoms with Crippen LogP contribution >= 0.6 is 0 Å². The van der Waals surface area contributed by atoms with Crippen molar-refractivity contribution in [2.75, 3.05) is 45.8 Å². The molecular formula is C11H22N4O. The third-order valence-electron chi connectivity index (χ3n) is 3.58. The maximum Gasteiger partial charge on any atom is 0.317 e. The monoisotopic (exact) mass is 226 g/mol. The van der Waals surface area contributed by atoms with Crippen LogP contribution < -0.4 is 11.1 Å². The second-order valence-corrected chi connectivity index (χ2v) is 4.75. The van der Waals surface area contributed by atoms with Crippen LogP contribution in [0.1, 0.15) is 12.8 Å². The fourth-order valence-electron chi connectivity index (χ4n) is 2.57. The van der Waals surface area contributed by atoms with Gasteiger partial charge >= 0.3 is 6.03 Å². The van der Waals surface area contributed by atoms with Crippen molar-refractivity contribution in [1.29, 1.82) is 0 Å². The van der Waals surface area contributed by atoms with Crippen molar-refractivity contribution < 1.29 is 4.79 Å². The average Bonchev–Trinajstić information content (AvgIpc) is 2.86. The Labute approximate surface area is 96.9 Å². The first-order chi connectivity index (χ1) is 7.79. The fraction of sp³-hybridized carbons (Fsp3) is 0.909. The molecule has 2 heterocycles. The maximum absolute atomic E-state index is 11.3. The average molecular weight is 226 g/mol. The van der Waals surface area contributed by atoms with Gasteiger partial charge in [-0.1, -0.05) is 0 Å². The highest BCUT2D eigenvalue weighted by atomic mass is 16.2. The van der Waals surface area contributed by atoms with Gasteiger partial charge in [0.05, 0.1) is 0 Å². The van der Waals surface area contributed by atoms with Crippen LogP contribution in [0.5, 0.6) is 0 Å². The zero-order valence-electron chi connectivity index (χ0n) is 9.82. The lowest BCUT2D eigenvalue weighted by atomic mass is 10.1. The highest BCUT2D eigenvalue weighted by Gasteiger charge is 2.24. The summed E-state index contributed by atoms with van der Waals surface area (Å²) < 4.78 is 0. The molecule has 3 N–H and O–H groups in total. The van der Waals surface area contributed by atoms with Gasteiger partial charge in [0.15, 0.2) is 0 Å². The van der Waals surface area contributed by atoms with Crippen molar-refractivity contribution in [3.8, 4) is 0 Å². The van der Waals surface area contributed by atoms with Gasteiger partial charge in [0.2, 0.25) is 0 Å². The summed E-state index contributed by atoms with van der Waals surface area (Å²) >= 11 is 0. The van der Waals surface area contributed by atoms with Crippen LogP contribution in [0.25, 0.3) is 0 Å². The van der Waals surface area contributed by atoms with Gasteiger partial charge in [0.1, 0.15) is 0 Å². The first kappa shape index (κ1) is 11.7. The Bertz CT molecular complexity index is 246. The Hall–Kier alpha value is -0.810. The van der Waals surface area contributed by atoms with Gasteiger partial charge in [-0.05, 0) is 31.8 Å². The molecule has 1 atom stereocenters. The van der Waals surface area contributed by atoms with Crippen LogP contribution in [0.2, 0.25) is 0 Å². The summed E-state index contributed by atoms with van der Waals surface area (Å²) in [6.07, 6.45) is 2.41. The molecule has 2 fully saturated rings. The number of nitrogens with one attached hydrogen (secondary N) is 1. The van der Waals surface area contributed by atoms with E-state index < -0.39 is 0 Å². The van der Waals surface area contributed by atoms with Gasteiger partial charge in [-0.2, -0.15) is 0 Å². The second-order valence-electron chi connectivity index (χ2n) is 4.75. The number of rotatable bonds is 5. The standard InChI is InChI=1S/C11H22N4O/c12-3-1-10-2-5-14(9-10)7-8-15-6-4-13-11(15)16/h10H,1-9,12H2,(H,13,16). The van der Waals surface area contributed by atoms with E-state index in [2.05, 4.69) is 10.2 Å². The molecule has 92 valence electrons. The smallest absolute Gasteiger partial charge is 0.317 e. The maximum atomic E-state index is 11.3. The summed E-state index contributed by atoms with van der Waals surface area (Å²) in [4.78, 5) is 15.7. The molecule has 2 aliphatic heterocycles. The number of amides is 2. The Morgan fingerprint density at radius 3 is 2.94 bits per heavy atom. The summed E-state index contributed by atoms with van der Waals surface area (Å²) in [5.41, 5.74) is 5.57. The molecule has 2 aliphatic rings. The minimum Gasteiger partial charge on any atom is -0.336 e. The lowest BCUT2D eigenvalue weighted by Crippen LogP contribution is -2.36. The summed E-state index contributed by atoms with van der Waals surface area (Å²) in [6, 6.07) is 0.0951. The van der Waals surface area contributed by atoms with Crippen molar-refractivity contribution in [2.24, 2.45) is 11.7 Å². The SMILES string of the molecule is NCCC1CCN(CCN2CCNC2=O)C1. The van der Waals surface area contributed by atoms with Crippen molar-refractivity contribution >= 4 is 6.03 Å². The van der Waals surface area contributed by atoms with E-state index >= 15 is 0 Å². The lowest BCUT2D eigenvalue weighted by Gasteiger charge is -2.20. The molecule has 0 aromatic heterocycles. The molecular weight excluding hydrogens is 204 g/mol. The molecule has 0 spiro atoms. The van der Waals surface area contributed by atoms with Gasteiger partial charge in [0, 0.05) is 32.7 Å². The van der Waals surface area contributed by atoms with Crippen LogP contribution in [0.4, 0.5) is 4.79 Å². The van der Waals surface area contributed by atoms with Crippen molar-refractivity contribution in [2.45, 2.75) is 12.8 Å². The van der Waals surface area contributed by atoms with E-state index in [-0.39, 0.29) is 6.03 Å². The lowest BCUT2D eigenvalue weighted by molar-refractivity contribution is 0.207. The van der Waals surface area contributed by atoms with Crippen LogP contribution in [-0.4, -0.2) is 61.6 Å². The van der Waals surface area contributed by atoms with Crippen LogP contribution in [-0.2, 0) is 0 Å². The number of urea groups is 1. The molecule has 0 aliphatic carbocycles. The largest absolute Gasteiger partial charge is 0.336 e. The van der Waals surface area contributed by atoms with E-state index in [1.165, 1.54) is 13.0 Å². The number of carbonyl (C=O) groups is 1. The van der Waals surface area contributed by atoms with Crippen LogP contribution in [0.15, 0.2) is 0 Å². The Morgan fingerprint density at radius 1 is 1.38 bits per heavy atom. The minimum atomic E-state index is 0.0951. The predicted molar refractivity (Wildman–Crippen MR) is 63.2 cm³/mol. The van der Waals surface area contributed by atoms with E-state index in [9.17, 15) is 4.79 Å². The quantitative estimate of drug-likeness (QED) is 0.675. The molecule has 0 saturated carbocycles. The zero-order chi connectivity index (χ0) is 11.4. The second kappa shape index (κ2) is 5.50. The number of nitrogens with zero attached hydrogens (tertiary/aromatic N) is 2. The van der Waals surface area contributed by atoms with Crippen LogP contribution in [0, 0.1) is 5.92 Å². The summed E-state index contributed by atoms with van der Waals surface area (Å²) in [7, 11) is 0. The predicted octanol–water partition coefficient (Wildman–Crippen LogP) is -0.318. The third kappa shape index (κ3) is 2.86. The molecule has 2 rings (SSSR count). The first-order valence-electron chi connectivity index (χ1n) is 6.25. The summed E-state index contributed by atoms with van der Waals surface area (Å²) in [6.45, 7) is 6.66. The van der Waals surface area contributed by atoms with E-state index in [0.29, 0.717) is 0 Å². The van der Waals surface area contributed by atoms with Crippen molar-refractivity contribution in [3.63, 3.8) is 0 Å². The van der Waals surface area contributed by atoms with Crippen LogP contribution in [0.3, 0.4) is 0 Å². The fourth-order valence-corrected chi connectivity index (χ4v) is 2.57. The molecule has 2 saturated heterocycles. The third-order valence-corrected chi connectivity index (χ3v) is 3.58. The molecule has 0 bridgehead atoms.